The summed E-state index contributed by atoms with van der Waals surface area (Å²) in [7, 11) is 0. The van der Waals surface area contributed by atoms with E-state index in [2.05, 4.69) is 4.74 Å². The highest BCUT2D eigenvalue weighted by Crippen LogP contribution is 2.20. The number of carbonyl (C=O) groups excluding carboxylic acids is 1. The molecule has 0 spiro atoms. The minimum absolute atomic E-state index is 0.308. The quantitative estimate of drug-likeness (QED) is 0.461. The van der Waals surface area contributed by atoms with Crippen molar-refractivity contribution in [1.82, 2.24) is 0 Å². The second-order valence-electron chi connectivity index (χ2n) is 2.44. The van der Waals surface area contributed by atoms with E-state index in [1.54, 1.807) is 6.92 Å². The van der Waals surface area contributed by atoms with Gasteiger partial charge in [0.2, 0.25) is 0 Å². The Labute approximate surface area is 58.4 Å². The molecule has 1 rings (SSSR count). The van der Waals surface area contributed by atoms with Crippen molar-refractivity contribution in [3.05, 3.63) is 0 Å². The van der Waals surface area contributed by atoms with Crippen LogP contribution in [0.2, 0.25) is 0 Å². The molecule has 1 heterocycles. The van der Waals surface area contributed by atoms with E-state index < -0.39 is 24.1 Å². The molecule has 58 valence electrons. The van der Waals surface area contributed by atoms with Crippen LogP contribution in [0.15, 0.2) is 0 Å². The molecular weight excluding hydrogens is 136 g/mol. The maximum atomic E-state index is 10.7. The molecule has 3 atom stereocenters. The molecule has 4 nitrogen and oxygen atoms in total. The van der Waals surface area contributed by atoms with Crippen LogP contribution in [0, 0.1) is 5.92 Å². The zero-order chi connectivity index (χ0) is 7.72. The Bertz CT molecular complexity index is 145. The predicted octanol–water partition coefficient (Wildman–Crippen LogP) is -1.10. The van der Waals surface area contributed by atoms with Gasteiger partial charge in [0.1, 0.15) is 6.10 Å². The van der Waals surface area contributed by atoms with Crippen LogP contribution in [-0.4, -0.2) is 35.0 Å². The Hall–Kier alpha value is -0.610. The highest BCUT2D eigenvalue weighted by atomic mass is 16.6. The number of hydrogen-bond donors (Lipinski definition) is 2. The molecule has 1 aliphatic rings. The molecule has 0 aromatic heterocycles. The first kappa shape index (κ1) is 7.50. The van der Waals surface area contributed by atoms with Gasteiger partial charge in [-0.15, -0.1) is 0 Å². The molecule has 2 unspecified atom stereocenters. The molecule has 2 N–H and O–H groups in total. The van der Waals surface area contributed by atoms with Gasteiger partial charge in [0.05, 0.1) is 12.5 Å². The van der Waals surface area contributed by atoms with Crippen molar-refractivity contribution in [2.75, 3.05) is 6.61 Å². The van der Waals surface area contributed by atoms with Gasteiger partial charge in [0.25, 0.3) is 0 Å². The third-order valence-corrected chi connectivity index (χ3v) is 1.71. The van der Waals surface area contributed by atoms with Crippen molar-refractivity contribution in [3.8, 4) is 0 Å². The third-order valence-electron chi connectivity index (χ3n) is 1.71. The van der Waals surface area contributed by atoms with Crippen LogP contribution >= 0.6 is 0 Å². The van der Waals surface area contributed by atoms with Crippen LogP contribution in [0.4, 0.5) is 0 Å². The minimum atomic E-state index is -0.850. The van der Waals surface area contributed by atoms with E-state index in [9.17, 15) is 4.79 Å². The maximum Gasteiger partial charge on any atom is 0.311 e. The van der Waals surface area contributed by atoms with Gasteiger partial charge in [-0.2, -0.15) is 0 Å². The number of aliphatic hydroxyl groups excluding tert-OH is 2. The van der Waals surface area contributed by atoms with Gasteiger partial charge in [-0.05, 0) is 6.92 Å². The van der Waals surface area contributed by atoms with Crippen LogP contribution in [-0.2, 0) is 9.53 Å². The highest BCUT2D eigenvalue weighted by Gasteiger charge is 2.39. The molecule has 0 aromatic carbocycles. The summed E-state index contributed by atoms with van der Waals surface area (Å²) in [5, 5.41) is 17.7. The Kier molecular flexibility index (Phi) is 1.92. The van der Waals surface area contributed by atoms with Crippen LogP contribution in [0.25, 0.3) is 0 Å². The highest BCUT2D eigenvalue weighted by molar-refractivity contribution is 5.75. The average molecular weight is 146 g/mol. The largest absolute Gasteiger partial charge is 0.457 e. The Balaban J connectivity index is 2.61. The maximum absolute atomic E-state index is 10.7. The summed E-state index contributed by atoms with van der Waals surface area (Å²) in [6.45, 7) is 1.26. The molecule has 4 heteroatoms. The van der Waals surface area contributed by atoms with Crippen LogP contribution < -0.4 is 0 Å². The van der Waals surface area contributed by atoms with Crippen molar-refractivity contribution >= 4 is 5.97 Å². The molecule has 0 radical (unpaired) electrons. The molecule has 0 bridgehead atoms. The summed E-state index contributed by atoms with van der Waals surface area (Å²) in [5.74, 6) is -0.941. The van der Waals surface area contributed by atoms with Gasteiger partial charge < -0.3 is 14.9 Å². The van der Waals surface area contributed by atoms with Gasteiger partial charge in [0, 0.05) is 0 Å². The lowest BCUT2D eigenvalue weighted by Crippen LogP contribution is -2.27. The number of ether oxygens (including phenoxy) is 1. The number of aliphatic hydroxyl groups is 2. The lowest BCUT2D eigenvalue weighted by Gasteiger charge is -2.09. The Morgan fingerprint density at radius 1 is 1.70 bits per heavy atom. The molecule has 10 heavy (non-hydrogen) atoms. The van der Waals surface area contributed by atoms with Crippen molar-refractivity contribution in [3.63, 3.8) is 0 Å². The van der Waals surface area contributed by atoms with E-state index in [0.29, 0.717) is 0 Å². The van der Waals surface area contributed by atoms with Gasteiger partial charge in [-0.1, -0.05) is 0 Å². The summed E-state index contributed by atoms with van der Waals surface area (Å²) in [6, 6.07) is 0. The number of hydrogen-bond acceptors (Lipinski definition) is 4. The number of cyclic esters (lactones) is 1. The third kappa shape index (κ3) is 0.998. The lowest BCUT2D eigenvalue weighted by molar-refractivity contribution is -0.145. The van der Waals surface area contributed by atoms with Gasteiger partial charge >= 0.3 is 5.97 Å². The van der Waals surface area contributed by atoms with E-state index in [-0.39, 0.29) is 6.61 Å². The van der Waals surface area contributed by atoms with Gasteiger partial charge in [-0.3, -0.25) is 4.79 Å². The van der Waals surface area contributed by atoms with Crippen molar-refractivity contribution in [2.45, 2.75) is 19.1 Å². The van der Waals surface area contributed by atoms with E-state index in [4.69, 9.17) is 10.2 Å². The molecule has 1 saturated heterocycles. The van der Waals surface area contributed by atoms with Crippen molar-refractivity contribution in [1.29, 1.82) is 0 Å². The standard InChI is InChI=1S/C6H10O4/c1-3-5(8)4(2-7)10-6(3)9/h3-5,7-8H,2H2,1H3/t3?,4?,5-/m0/s1. The first-order valence-electron chi connectivity index (χ1n) is 3.16. The summed E-state index contributed by atoms with van der Waals surface area (Å²) in [6.07, 6.45) is -1.57. The zero-order valence-corrected chi connectivity index (χ0v) is 5.65. The monoisotopic (exact) mass is 146 g/mol. The number of carbonyl (C=O) groups is 1. The molecule has 0 amide bonds. The lowest BCUT2D eigenvalue weighted by atomic mass is 10.0. The molecule has 0 aromatic rings. The fourth-order valence-electron chi connectivity index (χ4n) is 0.933. The normalized spacial score (nSPS) is 39.9. The SMILES string of the molecule is CC1C(=O)OC(CO)[C@H]1O. The summed E-state index contributed by atoms with van der Waals surface area (Å²) >= 11 is 0. The second-order valence-corrected chi connectivity index (χ2v) is 2.44. The molecule has 1 aliphatic heterocycles. The fourth-order valence-corrected chi connectivity index (χ4v) is 0.933. The van der Waals surface area contributed by atoms with Gasteiger partial charge in [-0.25, -0.2) is 0 Å². The molecular formula is C6H10O4. The summed E-state index contributed by atoms with van der Waals surface area (Å²) in [5.41, 5.74) is 0. The predicted molar refractivity (Wildman–Crippen MR) is 32.1 cm³/mol. The van der Waals surface area contributed by atoms with E-state index >= 15 is 0 Å². The van der Waals surface area contributed by atoms with E-state index in [1.165, 1.54) is 0 Å². The summed E-state index contributed by atoms with van der Waals surface area (Å²) in [4.78, 5) is 10.7. The first-order valence-corrected chi connectivity index (χ1v) is 3.16. The summed E-state index contributed by atoms with van der Waals surface area (Å²) < 4.78 is 4.60. The van der Waals surface area contributed by atoms with Crippen LogP contribution in [0.1, 0.15) is 6.92 Å². The topological polar surface area (TPSA) is 66.8 Å². The van der Waals surface area contributed by atoms with E-state index in [1.807, 2.05) is 0 Å². The first-order chi connectivity index (χ1) is 4.66. The smallest absolute Gasteiger partial charge is 0.311 e. The Morgan fingerprint density at radius 3 is 2.50 bits per heavy atom. The average Bonchev–Trinajstić information content (AvgIpc) is 2.17. The number of esters is 1. The second kappa shape index (κ2) is 2.56. The fraction of sp³-hybridized carbons (Fsp3) is 0.833. The minimum Gasteiger partial charge on any atom is -0.457 e. The zero-order valence-electron chi connectivity index (χ0n) is 5.65. The van der Waals surface area contributed by atoms with Crippen molar-refractivity contribution < 1.29 is 19.7 Å². The molecule has 1 fully saturated rings. The van der Waals surface area contributed by atoms with Gasteiger partial charge in [0.15, 0.2) is 6.10 Å². The molecule has 0 aliphatic carbocycles. The molecule has 0 saturated carbocycles. The number of rotatable bonds is 1. The van der Waals surface area contributed by atoms with E-state index in [0.717, 1.165) is 0 Å². The van der Waals surface area contributed by atoms with Crippen molar-refractivity contribution in [2.24, 2.45) is 5.92 Å². The van der Waals surface area contributed by atoms with Crippen LogP contribution in [0.5, 0.6) is 0 Å². The van der Waals surface area contributed by atoms with Crippen LogP contribution in [0.3, 0.4) is 0 Å². The Morgan fingerprint density at radius 2 is 2.30 bits per heavy atom.